The lowest BCUT2D eigenvalue weighted by Crippen LogP contribution is -2.22. The molecule has 0 spiro atoms. The summed E-state index contributed by atoms with van der Waals surface area (Å²) in [5.74, 6) is 0.682. The van der Waals surface area contributed by atoms with Crippen LogP contribution in [0.4, 0.5) is 0 Å². The molecule has 0 radical (unpaired) electrons. The van der Waals surface area contributed by atoms with Crippen molar-refractivity contribution in [3.63, 3.8) is 0 Å². The van der Waals surface area contributed by atoms with Crippen molar-refractivity contribution in [1.82, 2.24) is 9.78 Å². The average molecular weight is 165 g/mol. The minimum atomic E-state index is 0.682. The van der Waals surface area contributed by atoms with E-state index in [0.717, 1.165) is 19.4 Å². The highest BCUT2D eigenvalue weighted by Crippen LogP contribution is 2.23. The molecular weight excluding hydrogens is 150 g/mol. The number of hydrogen-bond acceptors (Lipinski definition) is 2. The van der Waals surface area contributed by atoms with Gasteiger partial charge in [0.2, 0.25) is 0 Å². The Hall–Kier alpha value is -0.830. The molecule has 66 valence electrons. The van der Waals surface area contributed by atoms with Crippen LogP contribution >= 0.6 is 0 Å². The second-order valence-electron chi connectivity index (χ2n) is 3.58. The molecule has 0 saturated carbocycles. The second kappa shape index (κ2) is 2.90. The standard InChI is InChI=1S/C9H15N3/c1-12-9-3-2-7(5-10)4-8(9)6-11-12/h6-7H,2-5,10H2,1H3/t7-/m1/s1. The topological polar surface area (TPSA) is 43.8 Å². The van der Waals surface area contributed by atoms with E-state index in [0.29, 0.717) is 5.92 Å². The number of rotatable bonds is 1. The molecule has 0 aliphatic heterocycles. The van der Waals surface area contributed by atoms with E-state index in [1.807, 2.05) is 17.9 Å². The molecule has 0 bridgehead atoms. The smallest absolute Gasteiger partial charge is 0.0524 e. The van der Waals surface area contributed by atoms with Crippen molar-refractivity contribution in [3.05, 3.63) is 17.5 Å². The Morgan fingerprint density at radius 1 is 1.75 bits per heavy atom. The SMILES string of the molecule is Cn1ncc2c1CC[C@@H](CN)C2. The average Bonchev–Trinajstić information content (AvgIpc) is 2.47. The zero-order chi connectivity index (χ0) is 8.55. The first-order chi connectivity index (χ1) is 5.81. The Kier molecular flexibility index (Phi) is 1.89. The molecule has 1 aromatic rings. The largest absolute Gasteiger partial charge is 0.330 e. The highest BCUT2D eigenvalue weighted by Gasteiger charge is 2.19. The van der Waals surface area contributed by atoms with Crippen molar-refractivity contribution < 1.29 is 0 Å². The first-order valence-corrected chi connectivity index (χ1v) is 4.51. The van der Waals surface area contributed by atoms with Crippen LogP contribution in [0, 0.1) is 5.92 Å². The summed E-state index contributed by atoms with van der Waals surface area (Å²) in [4.78, 5) is 0. The quantitative estimate of drug-likeness (QED) is 0.658. The molecule has 0 amide bonds. The molecule has 1 aliphatic carbocycles. The molecule has 3 heteroatoms. The minimum absolute atomic E-state index is 0.682. The third kappa shape index (κ3) is 1.14. The fourth-order valence-corrected chi connectivity index (χ4v) is 1.96. The van der Waals surface area contributed by atoms with E-state index in [1.54, 1.807) is 0 Å². The van der Waals surface area contributed by atoms with E-state index < -0.39 is 0 Å². The van der Waals surface area contributed by atoms with E-state index in [2.05, 4.69) is 5.10 Å². The van der Waals surface area contributed by atoms with E-state index in [1.165, 1.54) is 17.7 Å². The predicted octanol–water partition coefficient (Wildman–Crippen LogP) is 0.484. The summed E-state index contributed by atoms with van der Waals surface area (Å²) in [6.45, 7) is 0.814. The normalized spacial score (nSPS) is 22.3. The Morgan fingerprint density at radius 3 is 3.33 bits per heavy atom. The van der Waals surface area contributed by atoms with Crippen LogP contribution in [0.2, 0.25) is 0 Å². The van der Waals surface area contributed by atoms with Crippen LogP contribution in [0.15, 0.2) is 6.20 Å². The van der Waals surface area contributed by atoms with Gasteiger partial charge in [0.05, 0.1) is 6.20 Å². The van der Waals surface area contributed by atoms with Crippen LogP contribution in [-0.2, 0) is 19.9 Å². The van der Waals surface area contributed by atoms with Gasteiger partial charge in [0.1, 0.15) is 0 Å². The highest BCUT2D eigenvalue weighted by molar-refractivity contribution is 5.21. The number of nitrogens with zero attached hydrogens (tertiary/aromatic N) is 2. The molecule has 1 atom stereocenters. The lowest BCUT2D eigenvalue weighted by Gasteiger charge is -2.20. The third-order valence-corrected chi connectivity index (χ3v) is 2.78. The van der Waals surface area contributed by atoms with Crippen molar-refractivity contribution in [2.75, 3.05) is 6.54 Å². The number of fused-ring (bicyclic) bond motifs is 1. The zero-order valence-electron chi connectivity index (χ0n) is 7.45. The lowest BCUT2D eigenvalue weighted by atomic mass is 9.88. The molecule has 0 saturated heterocycles. The number of aryl methyl sites for hydroxylation is 1. The fourth-order valence-electron chi connectivity index (χ4n) is 1.96. The van der Waals surface area contributed by atoms with Crippen LogP contribution in [0.3, 0.4) is 0 Å². The molecule has 0 aromatic carbocycles. The summed E-state index contributed by atoms with van der Waals surface area (Å²) in [5, 5.41) is 4.24. The maximum atomic E-state index is 5.64. The van der Waals surface area contributed by atoms with E-state index in [9.17, 15) is 0 Å². The van der Waals surface area contributed by atoms with E-state index >= 15 is 0 Å². The molecule has 1 heterocycles. The van der Waals surface area contributed by atoms with Crippen LogP contribution < -0.4 is 5.73 Å². The van der Waals surface area contributed by atoms with Crippen molar-refractivity contribution in [1.29, 1.82) is 0 Å². The Morgan fingerprint density at radius 2 is 2.58 bits per heavy atom. The minimum Gasteiger partial charge on any atom is -0.330 e. The van der Waals surface area contributed by atoms with E-state index in [4.69, 9.17) is 5.73 Å². The number of aromatic nitrogens is 2. The van der Waals surface area contributed by atoms with Crippen molar-refractivity contribution in [2.45, 2.75) is 19.3 Å². The van der Waals surface area contributed by atoms with Gasteiger partial charge < -0.3 is 5.73 Å². The number of nitrogens with two attached hydrogens (primary N) is 1. The highest BCUT2D eigenvalue weighted by atomic mass is 15.3. The van der Waals surface area contributed by atoms with Gasteiger partial charge in [-0.2, -0.15) is 5.10 Å². The van der Waals surface area contributed by atoms with Gasteiger partial charge in [0, 0.05) is 12.7 Å². The van der Waals surface area contributed by atoms with Gasteiger partial charge in [0.25, 0.3) is 0 Å². The van der Waals surface area contributed by atoms with E-state index in [-0.39, 0.29) is 0 Å². The van der Waals surface area contributed by atoms with Gasteiger partial charge in [0.15, 0.2) is 0 Å². The molecule has 0 fully saturated rings. The summed E-state index contributed by atoms with van der Waals surface area (Å²) in [6, 6.07) is 0. The van der Waals surface area contributed by atoms with Crippen LogP contribution in [0.25, 0.3) is 0 Å². The van der Waals surface area contributed by atoms with Crippen LogP contribution in [-0.4, -0.2) is 16.3 Å². The first kappa shape index (κ1) is 7.80. The van der Waals surface area contributed by atoms with Crippen molar-refractivity contribution in [2.24, 2.45) is 18.7 Å². The van der Waals surface area contributed by atoms with Crippen LogP contribution in [0.1, 0.15) is 17.7 Å². The second-order valence-corrected chi connectivity index (χ2v) is 3.58. The Labute approximate surface area is 72.6 Å². The molecule has 0 unspecified atom stereocenters. The van der Waals surface area contributed by atoms with Gasteiger partial charge in [-0.25, -0.2) is 0 Å². The molecule has 1 aliphatic rings. The fraction of sp³-hybridized carbons (Fsp3) is 0.667. The van der Waals surface area contributed by atoms with Gasteiger partial charge in [-0.1, -0.05) is 0 Å². The summed E-state index contributed by atoms with van der Waals surface area (Å²) < 4.78 is 1.99. The molecular formula is C9H15N3. The maximum Gasteiger partial charge on any atom is 0.0524 e. The van der Waals surface area contributed by atoms with Crippen molar-refractivity contribution in [3.8, 4) is 0 Å². The molecule has 3 nitrogen and oxygen atoms in total. The monoisotopic (exact) mass is 165 g/mol. The van der Waals surface area contributed by atoms with Gasteiger partial charge >= 0.3 is 0 Å². The molecule has 2 N–H and O–H groups in total. The zero-order valence-corrected chi connectivity index (χ0v) is 7.45. The van der Waals surface area contributed by atoms with Crippen molar-refractivity contribution >= 4 is 0 Å². The summed E-state index contributed by atoms with van der Waals surface area (Å²) in [6.07, 6.45) is 5.48. The predicted molar refractivity (Wildman–Crippen MR) is 47.8 cm³/mol. The molecule has 1 aromatic heterocycles. The van der Waals surface area contributed by atoms with Gasteiger partial charge in [-0.15, -0.1) is 0 Å². The van der Waals surface area contributed by atoms with Crippen LogP contribution in [0.5, 0.6) is 0 Å². The molecule has 2 rings (SSSR count). The maximum absolute atomic E-state index is 5.64. The Balaban J connectivity index is 2.24. The lowest BCUT2D eigenvalue weighted by molar-refractivity contribution is 0.458. The molecule has 12 heavy (non-hydrogen) atoms. The first-order valence-electron chi connectivity index (χ1n) is 4.51. The van der Waals surface area contributed by atoms with Gasteiger partial charge in [-0.3, -0.25) is 4.68 Å². The number of hydrogen-bond donors (Lipinski definition) is 1. The summed E-state index contributed by atoms with van der Waals surface area (Å²) >= 11 is 0. The Bertz CT molecular complexity index is 277. The summed E-state index contributed by atoms with van der Waals surface area (Å²) in [7, 11) is 2.02. The summed E-state index contributed by atoms with van der Waals surface area (Å²) in [5.41, 5.74) is 8.44. The van der Waals surface area contributed by atoms with Gasteiger partial charge in [-0.05, 0) is 37.3 Å². The third-order valence-electron chi connectivity index (χ3n) is 2.78.